The number of hydrazone groups is 1. The van der Waals surface area contributed by atoms with Gasteiger partial charge in [-0.2, -0.15) is 18.4 Å². The van der Waals surface area contributed by atoms with E-state index in [9.17, 15) is 13.2 Å². The number of carbonyl (C=O) groups is 1. The fourth-order valence-corrected chi connectivity index (χ4v) is 4.04. The maximum Gasteiger partial charge on any atom is 0.278 e. The van der Waals surface area contributed by atoms with Gasteiger partial charge < -0.3 is 5.32 Å². The first-order valence-electron chi connectivity index (χ1n) is 8.59. The van der Waals surface area contributed by atoms with Gasteiger partial charge in [0.05, 0.1) is 16.3 Å². The summed E-state index contributed by atoms with van der Waals surface area (Å²) < 4.78 is 24.9. The van der Waals surface area contributed by atoms with E-state index in [4.69, 9.17) is 23.2 Å². The van der Waals surface area contributed by atoms with Crippen LogP contribution in [0.3, 0.4) is 0 Å². The molecule has 1 amide bonds. The van der Waals surface area contributed by atoms with Crippen molar-refractivity contribution in [1.29, 1.82) is 0 Å². The molecule has 3 aromatic rings. The minimum atomic E-state index is -3.99. The topological polar surface area (TPSA) is 101 Å². The first-order valence-corrected chi connectivity index (χ1v) is 10.8. The molecule has 10 heteroatoms. The third-order valence-electron chi connectivity index (χ3n) is 4.00. The highest BCUT2D eigenvalue weighted by atomic mass is 35.5. The van der Waals surface area contributed by atoms with Crippen molar-refractivity contribution >= 4 is 50.5 Å². The molecule has 2 N–H and O–H groups in total. The van der Waals surface area contributed by atoms with Gasteiger partial charge in [0, 0.05) is 23.1 Å². The zero-order valence-electron chi connectivity index (χ0n) is 15.6. The van der Waals surface area contributed by atoms with Gasteiger partial charge in [0.1, 0.15) is 4.90 Å². The molecule has 7 nitrogen and oxygen atoms in total. The van der Waals surface area contributed by atoms with Gasteiger partial charge in [-0.25, -0.2) is 0 Å². The fourth-order valence-electron chi connectivity index (χ4n) is 2.42. The van der Waals surface area contributed by atoms with Crippen LogP contribution in [0.15, 0.2) is 77.0 Å². The van der Waals surface area contributed by atoms with E-state index in [1.165, 1.54) is 24.4 Å². The Kier molecular flexibility index (Phi) is 6.71. The van der Waals surface area contributed by atoms with Gasteiger partial charge in [0.25, 0.3) is 15.9 Å². The highest BCUT2D eigenvalue weighted by molar-refractivity contribution is 7.89. The molecule has 1 aromatic heterocycles. The van der Waals surface area contributed by atoms with E-state index in [-0.39, 0.29) is 20.8 Å². The highest BCUT2D eigenvalue weighted by Crippen LogP contribution is 2.24. The number of carbonyl (C=O) groups excluding carboxylic acids is 1. The summed E-state index contributed by atoms with van der Waals surface area (Å²) in [5.41, 5.74) is 2.09. The lowest BCUT2D eigenvalue weighted by Crippen LogP contribution is -2.20. The minimum absolute atomic E-state index is 0.0356. The molecular formula is C20H16Cl2N4O3S. The van der Waals surface area contributed by atoms with Crippen LogP contribution in [0.1, 0.15) is 22.8 Å². The van der Waals surface area contributed by atoms with Gasteiger partial charge in [0.15, 0.2) is 0 Å². The Morgan fingerprint density at radius 2 is 1.77 bits per heavy atom. The SMILES string of the molecule is C/C(=N\NS(=O)(=O)c1cc(Cl)ccc1Cl)c1ccc(NC(=O)c2cccnc2)cc1. The van der Waals surface area contributed by atoms with Crippen molar-refractivity contribution in [3.05, 3.63) is 88.2 Å². The molecule has 0 saturated heterocycles. The first kappa shape index (κ1) is 21.8. The maximum absolute atomic E-state index is 12.4. The third kappa shape index (κ3) is 5.35. The Morgan fingerprint density at radius 3 is 2.43 bits per heavy atom. The van der Waals surface area contributed by atoms with E-state index >= 15 is 0 Å². The molecule has 0 aliphatic carbocycles. The number of sulfonamides is 1. The molecule has 0 spiro atoms. The molecule has 0 bridgehead atoms. The summed E-state index contributed by atoms with van der Waals surface area (Å²) >= 11 is 11.8. The second-order valence-corrected chi connectivity index (χ2v) is 8.61. The molecule has 0 aliphatic rings. The van der Waals surface area contributed by atoms with Crippen molar-refractivity contribution in [3.8, 4) is 0 Å². The third-order valence-corrected chi connectivity index (χ3v) is 5.93. The first-order chi connectivity index (χ1) is 14.3. The summed E-state index contributed by atoms with van der Waals surface area (Å²) in [7, 11) is -3.99. The van der Waals surface area contributed by atoms with Crippen LogP contribution in [0.2, 0.25) is 10.0 Å². The summed E-state index contributed by atoms with van der Waals surface area (Å²) in [5, 5.41) is 6.96. The van der Waals surface area contributed by atoms with E-state index < -0.39 is 10.0 Å². The van der Waals surface area contributed by atoms with Crippen LogP contribution in [-0.2, 0) is 10.0 Å². The van der Waals surface area contributed by atoms with Crippen LogP contribution in [0.25, 0.3) is 0 Å². The molecule has 2 aromatic carbocycles. The lowest BCUT2D eigenvalue weighted by Gasteiger charge is -2.08. The van der Waals surface area contributed by atoms with E-state index in [1.807, 2.05) is 0 Å². The summed E-state index contributed by atoms with van der Waals surface area (Å²) in [6, 6.07) is 14.3. The quantitative estimate of drug-likeness (QED) is 0.420. The zero-order chi connectivity index (χ0) is 21.7. The number of aromatic nitrogens is 1. The summed E-state index contributed by atoms with van der Waals surface area (Å²) in [4.78, 5) is 18.1. The lowest BCUT2D eigenvalue weighted by molar-refractivity contribution is 0.102. The van der Waals surface area contributed by atoms with Crippen molar-refractivity contribution in [2.45, 2.75) is 11.8 Å². The van der Waals surface area contributed by atoms with Crippen molar-refractivity contribution < 1.29 is 13.2 Å². The number of hydrogen-bond donors (Lipinski definition) is 2. The smallest absolute Gasteiger partial charge is 0.278 e. The fraction of sp³-hybridized carbons (Fsp3) is 0.0500. The predicted octanol–water partition coefficient (Wildman–Crippen LogP) is 4.34. The molecule has 3 rings (SSSR count). The standard InChI is InChI=1S/C20H16Cl2N4O3S/c1-13(25-26-30(28,29)19-11-16(21)6-9-18(19)22)14-4-7-17(8-5-14)24-20(27)15-3-2-10-23-12-15/h2-12,26H,1H3,(H,24,27)/b25-13+. The van der Waals surface area contributed by atoms with Crippen LogP contribution >= 0.6 is 23.2 Å². The molecule has 0 aliphatic heterocycles. The van der Waals surface area contributed by atoms with Crippen LogP contribution in [-0.4, -0.2) is 25.0 Å². The molecule has 0 saturated carbocycles. The Balaban J connectivity index is 1.71. The van der Waals surface area contributed by atoms with E-state index in [1.54, 1.807) is 49.5 Å². The van der Waals surface area contributed by atoms with Gasteiger partial charge in [-0.3, -0.25) is 9.78 Å². The molecule has 30 heavy (non-hydrogen) atoms. The second-order valence-electron chi connectivity index (χ2n) is 6.14. The Morgan fingerprint density at radius 1 is 1.03 bits per heavy atom. The Hall–Kier alpha value is -2.94. The molecular weight excluding hydrogens is 447 g/mol. The molecule has 0 fully saturated rings. The number of nitrogens with one attached hydrogen (secondary N) is 2. The number of pyridine rings is 1. The zero-order valence-corrected chi connectivity index (χ0v) is 18.0. The average Bonchev–Trinajstić information content (AvgIpc) is 2.75. The average molecular weight is 463 g/mol. The predicted molar refractivity (Wildman–Crippen MR) is 118 cm³/mol. The number of benzene rings is 2. The number of halogens is 2. The number of rotatable bonds is 6. The Labute approximate surface area is 183 Å². The van der Waals surface area contributed by atoms with Crippen molar-refractivity contribution in [2.75, 3.05) is 5.32 Å². The molecule has 0 unspecified atom stereocenters. The largest absolute Gasteiger partial charge is 0.322 e. The summed E-state index contributed by atoms with van der Waals surface area (Å²) in [5.74, 6) is -0.285. The lowest BCUT2D eigenvalue weighted by atomic mass is 10.1. The van der Waals surface area contributed by atoms with E-state index in [2.05, 4.69) is 20.2 Å². The van der Waals surface area contributed by atoms with E-state index in [0.29, 0.717) is 22.5 Å². The van der Waals surface area contributed by atoms with Crippen LogP contribution in [0, 0.1) is 0 Å². The molecule has 154 valence electrons. The van der Waals surface area contributed by atoms with Gasteiger partial charge in [-0.05, 0) is 55.0 Å². The summed E-state index contributed by atoms with van der Waals surface area (Å²) in [6.45, 7) is 1.64. The molecule has 0 atom stereocenters. The van der Waals surface area contributed by atoms with Crippen molar-refractivity contribution in [2.24, 2.45) is 5.10 Å². The van der Waals surface area contributed by atoms with E-state index in [0.717, 1.165) is 0 Å². The monoisotopic (exact) mass is 462 g/mol. The number of nitrogens with zero attached hydrogens (tertiary/aromatic N) is 2. The highest BCUT2D eigenvalue weighted by Gasteiger charge is 2.18. The Bertz CT molecular complexity index is 1200. The van der Waals surface area contributed by atoms with Crippen LogP contribution in [0.5, 0.6) is 0 Å². The molecule has 0 radical (unpaired) electrons. The maximum atomic E-state index is 12.4. The minimum Gasteiger partial charge on any atom is -0.322 e. The number of hydrogen-bond acceptors (Lipinski definition) is 5. The van der Waals surface area contributed by atoms with Crippen molar-refractivity contribution in [3.63, 3.8) is 0 Å². The second kappa shape index (κ2) is 9.25. The van der Waals surface area contributed by atoms with Crippen LogP contribution in [0.4, 0.5) is 5.69 Å². The van der Waals surface area contributed by atoms with Gasteiger partial charge >= 0.3 is 0 Å². The van der Waals surface area contributed by atoms with Crippen molar-refractivity contribution in [1.82, 2.24) is 9.82 Å². The van der Waals surface area contributed by atoms with Gasteiger partial charge in [-0.15, -0.1) is 0 Å². The number of anilines is 1. The normalized spacial score (nSPS) is 11.8. The van der Waals surface area contributed by atoms with Crippen LogP contribution < -0.4 is 10.1 Å². The molecule has 1 heterocycles. The van der Waals surface area contributed by atoms with Gasteiger partial charge in [-0.1, -0.05) is 35.3 Å². The summed E-state index contributed by atoms with van der Waals surface area (Å²) in [6.07, 6.45) is 3.06. The van der Waals surface area contributed by atoms with Gasteiger partial charge in [0.2, 0.25) is 0 Å². The number of amides is 1.